The van der Waals surface area contributed by atoms with Crippen LogP contribution in [0.1, 0.15) is 49.3 Å². The zero-order valence-corrected chi connectivity index (χ0v) is 33.1. The molecule has 0 radical (unpaired) electrons. The van der Waals surface area contributed by atoms with Crippen LogP contribution in [-0.2, 0) is 32.0 Å². The molecule has 1 amide bonds. The van der Waals surface area contributed by atoms with Crippen LogP contribution in [0.15, 0.2) is 69.0 Å². The summed E-state index contributed by atoms with van der Waals surface area (Å²) in [6.45, 7) is 3.35. The van der Waals surface area contributed by atoms with Gasteiger partial charge in [0.1, 0.15) is 23.4 Å². The van der Waals surface area contributed by atoms with Gasteiger partial charge in [0.05, 0.1) is 25.0 Å². The Bertz CT molecular complexity index is 2210. The number of rotatable bonds is 7. The molecule has 0 unspecified atom stereocenters. The fourth-order valence-corrected chi connectivity index (χ4v) is 13.1. The standard InChI is InChI=1S/C41H46N4O9S2/c1-4-21(7-8-46)39(51)54-40(2)27(19-48)10-26-20-55-56-32-11-25(18-47)37(43-3)29-17-45(38(29)32)34(49)12-24-16-44-33(42)13-28(24)36(26)41(40)15-23-9-22-5-6-35(50)52-30(22)14-31(23)53-41/h4-6,9-10,13-14,16,18,25,27,29,32,36-38,43,46,48H,7-8,11-12,15,17,19-20H2,1-3H3,(H2,42,44)/b21-4+/t25-,27-,29+,32-,36+,37+,38+,40-,41-/m1/s1. The first kappa shape index (κ1) is 38.7. The van der Waals surface area contributed by atoms with Crippen molar-refractivity contribution in [2.75, 3.05) is 38.3 Å². The van der Waals surface area contributed by atoms with E-state index in [1.165, 1.54) is 6.07 Å². The number of aliphatic hydroxyl groups is 2. The molecule has 1 spiro atoms. The molecule has 296 valence electrons. The summed E-state index contributed by atoms with van der Waals surface area (Å²) in [6.07, 6.45) is 7.18. The molecule has 1 saturated heterocycles. The number of nitrogen functional groups attached to an aromatic ring is 1. The number of carbonyl (C=O) groups is 3. The van der Waals surface area contributed by atoms with Crippen molar-refractivity contribution in [2.24, 2.45) is 17.8 Å². The van der Waals surface area contributed by atoms with E-state index in [1.54, 1.807) is 65.9 Å². The highest BCUT2D eigenvalue weighted by molar-refractivity contribution is 8.77. The summed E-state index contributed by atoms with van der Waals surface area (Å²) in [5.74, 6) is -1.07. The summed E-state index contributed by atoms with van der Waals surface area (Å²) in [5.41, 5.74) is 6.57. The molecule has 2 aliphatic carbocycles. The van der Waals surface area contributed by atoms with Crippen molar-refractivity contribution in [3.8, 4) is 5.75 Å². The van der Waals surface area contributed by atoms with E-state index in [9.17, 15) is 29.4 Å². The molecule has 3 aromatic rings. The lowest BCUT2D eigenvalue weighted by atomic mass is 9.58. The molecular formula is C41H46N4O9S2. The third-order valence-corrected chi connectivity index (χ3v) is 15.6. The third-order valence-electron chi connectivity index (χ3n) is 12.8. The number of benzene rings is 1. The second kappa shape index (κ2) is 15.0. The Morgan fingerprint density at radius 1 is 1.21 bits per heavy atom. The largest absolute Gasteiger partial charge is 0.481 e. The molecule has 1 aromatic carbocycles. The number of carbonyl (C=O) groups excluding carboxylic acids is 3. The molecule has 5 heterocycles. The van der Waals surface area contributed by atoms with Gasteiger partial charge in [0.2, 0.25) is 5.91 Å². The maximum atomic E-state index is 14.4. The van der Waals surface area contributed by atoms with Crippen LogP contribution in [-0.4, -0.2) is 99.4 Å². The number of amides is 1. The topological polar surface area (TPSA) is 195 Å². The number of nitrogens with one attached hydrogen (secondary N) is 1. The number of aldehydes is 1. The zero-order valence-electron chi connectivity index (χ0n) is 31.4. The molecule has 1 saturated carbocycles. The van der Waals surface area contributed by atoms with Gasteiger partial charge in [-0.05, 0) is 62.2 Å². The Morgan fingerprint density at radius 2 is 2.04 bits per heavy atom. The Morgan fingerprint density at radius 3 is 2.77 bits per heavy atom. The summed E-state index contributed by atoms with van der Waals surface area (Å²) in [6, 6.07) is 8.32. The number of anilines is 1. The predicted molar refractivity (Wildman–Crippen MR) is 213 cm³/mol. The monoisotopic (exact) mass is 802 g/mol. The van der Waals surface area contributed by atoms with Crippen molar-refractivity contribution in [2.45, 2.75) is 74.0 Å². The lowest BCUT2D eigenvalue weighted by molar-refractivity contribution is -0.199. The number of allylic oxidation sites excluding steroid dienone is 1. The van der Waals surface area contributed by atoms with Gasteiger partial charge in [0.15, 0.2) is 11.2 Å². The predicted octanol–water partition coefficient (Wildman–Crippen LogP) is 3.35. The molecule has 2 aromatic heterocycles. The fourth-order valence-electron chi connectivity index (χ4n) is 10.0. The average molecular weight is 803 g/mol. The third kappa shape index (κ3) is 6.17. The Labute approximate surface area is 331 Å². The van der Waals surface area contributed by atoms with Crippen LogP contribution in [0, 0.1) is 17.8 Å². The molecule has 0 bridgehead atoms. The molecule has 9 atom stereocenters. The van der Waals surface area contributed by atoms with E-state index in [2.05, 4.69) is 10.3 Å². The van der Waals surface area contributed by atoms with Gasteiger partial charge >= 0.3 is 11.6 Å². The van der Waals surface area contributed by atoms with E-state index in [4.69, 9.17) is 19.6 Å². The van der Waals surface area contributed by atoms with Crippen molar-refractivity contribution in [3.63, 3.8) is 0 Å². The van der Waals surface area contributed by atoms with Crippen LogP contribution in [0.4, 0.5) is 5.82 Å². The Balaban J connectivity index is 1.32. The van der Waals surface area contributed by atoms with Crippen LogP contribution in [0.25, 0.3) is 11.0 Å². The fraction of sp³-hybridized carbons (Fsp3) is 0.488. The first-order chi connectivity index (χ1) is 27.0. The maximum absolute atomic E-state index is 14.4. The van der Waals surface area contributed by atoms with Gasteiger partial charge in [-0.15, -0.1) is 0 Å². The van der Waals surface area contributed by atoms with Crippen molar-refractivity contribution in [1.29, 1.82) is 0 Å². The second-order valence-electron chi connectivity index (χ2n) is 15.6. The molecular weight excluding hydrogens is 757 g/mol. The zero-order chi connectivity index (χ0) is 39.5. The molecule has 13 nitrogen and oxygen atoms in total. The summed E-state index contributed by atoms with van der Waals surface area (Å²) in [5, 5.41) is 25.1. The quantitative estimate of drug-likeness (QED) is 0.0679. The van der Waals surface area contributed by atoms with Gasteiger partial charge in [0.25, 0.3) is 0 Å². The van der Waals surface area contributed by atoms with Crippen LogP contribution >= 0.6 is 21.6 Å². The number of nitrogens with zero attached hydrogens (tertiary/aromatic N) is 2. The SMILES string of the molecule is C/C=C(\CCO)C(=O)O[C@]1(C)[C@@H](CO)C=C2CSS[C@@H]3C[C@H](C=O)[C@H](NC)[C@@H]4CN(C(=O)Cc5cnc(N)cc5[C@H]2[C@]12Cc1cc5ccc(=O)oc5cc1O2)[C@@H]43. The number of nitrogens with two attached hydrogens (primary N) is 1. The number of pyridine rings is 1. The highest BCUT2D eigenvalue weighted by atomic mass is 33.1. The second-order valence-corrected chi connectivity index (χ2v) is 18.2. The van der Waals surface area contributed by atoms with E-state index in [0.29, 0.717) is 46.6 Å². The van der Waals surface area contributed by atoms with Gasteiger partial charge in [-0.2, -0.15) is 0 Å². The highest BCUT2D eigenvalue weighted by Gasteiger charge is 2.67. The maximum Gasteiger partial charge on any atom is 0.336 e. The average Bonchev–Trinajstić information content (AvgIpc) is 3.53. The minimum Gasteiger partial charge on any atom is -0.481 e. The number of aliphatic hydroxyl groups excluding tert-OH is 2. The number of ether oxygens (including phenoxy) is 2. The van der Waals surface area contributed by atoms with E-state index in [-0.39, 0.29) is 72.3 Å². The first-order valence-corrected chi connectivity index (χ1v) is 21.4. The molecule has 5 aliphatic rings. The smallest absolute Gasteiger partial charge is 0.336 e. The summed E-state index contributed by atoms with van der Waals surface area (Å²) < 4.78 is 19.4. The number of fused-ring (bicyclic) bond motifs is 6. The Hall–Kier alpha value is -4.15. The van der Waals surface area contributed by atoms with E-state index >= 15 is 0 Å². The van der Waals surface area contributed by atoms with Crippen molar-refractivity contribution in [3.05, 3.63) is 86.9 Å². The van der Waals surface area contributed by atoms with Crippen molar-refractivity contribution >= 4 is 56.5 Å². The number of hydrogen-bond acceptors (Lipinski definition) is 14. The Kier molecular flexibility index (Phi) is 10.4. The molecule has 8 rings (SSSR count). The van der Waals surface area contributed by atoms with Crippen molar-refractivity contribution < 1.29 is 38.5 Å². The van der Waals surface area contributed by atoms with Gasteiger partial charge in [-0.1, -0.05) is 39.3 Å². The van der Waals surface area contributed by atoms with Gasteiger partial charge < -0.3 is 44.8 Å². The normalized spacial score (nSPS) is 32.4. The van der Waals surface area contributed by atoms with E-state index < -0.39 is 41.2 Å². The minimum atomic E-state index is -1.55. The summed E-state index contributed by atoms with van der Waals surface area (Å²) in [4.78, 5) is 59.5. The number of aromatic nitrogens is 1. The molecule has 15 heteroatoms. The van der Waals surface area contributed by atoms with E-state index in [1.807, 2.05) is 24.1 Å². The van der Waals surface area contributed by atoms with Gasteiger partial charge in [-0.3, -0.25) is 4.79 Å². The van der Waals surface area contributed by atoms with Crippen LogP contribution in [0.2, 0.25) is 0 Å². The first-order valence-electron chi connectivity index (χ1n) is 19.0. The van der Waals surface area contributed by atoms with Gasteiger partial charge in [0, 0.05) is 90.1 Å². The number of hydrogen-bond donors (Lipinski definition) is 4. The lowest BCUT2D eigenvalue weighted by Crippen LogP contribution is -2.72. The molecule has 5 N–H and O–H groups in total. The van der Waals surface area contributed by atoms with Crippen LogP contribution in [0.5, 0.6) is 5.75 Å². The summed E-state index contributed by atoms with van der Waals surface area (Å²) in [7, 11) is 5.18. The highest BCUT2D eigenvalue weighted by Crippen LogP contribution is 2.60. The minimum absolute atomic E-state index is 0.00208. The van der Waals surface area contributed by atoms with Crippen LogP contribution < -0.4 is 21.4 Å². The van der Waals surface area contributed by atoms with Crippen LogP contribution in [0.3, 0.4) is 0 Å². The lowest BCUT2D eigenvalue weighted by Gasteiger charge is -2.58. The van der Waals surface area contributed by atoms with Gasteiger partial charge in [-0.25, -0.2) is 14.6 Å². The van der Waals surface area contributed by atoms with E-state index in [0.717, 1.165) is 17.4 Å². The molecule has 3 aliphatic heterocycles. The molecule has 56 heavy (non-hydrogen) atoms. The van der Waals surface area contributed by atoms with Crippen molar-refractivity contribution in [1.82, 2.24) is 15.2 Å². The summed E-state index contributed by atoms with van der Waals surface area (Å²) >= 11 is 0. The molecule has 2 fully saturated rings. The number of esters is 1.